The van der Waals surface area contributed by atoms with E-state index in [1.165, 1.54) is 12.1 Å². The Hall–Kier alpha value is -0.580. The van der Waals surface area contributed by atoms with E-state index in [1.54, 1.807) is 14.2 Å². The highest BCUT2D eigenvalue weighted by Crippen LogP contribution is 2.33. The molecule has 0 spiro atoms. The molecule has 1 aromatic carbocycles. The summed E-state index contributed by atoms with van der Waals surface area (Å²) in [6.07, 6.45) is 0. The molecule has 2 N–H and O–H groups in total. The highest BCUT2D eigenvalue weighted by molar-refractivity contribution is 14.0. The first kappa shape index (κ1) is 24.4. The number of benzene rings is 1. The van der Waals surface area contributed by atoms with Gasteiger partial charge >= 0.3 is 6.61 Å². The van der Waals surface area contributed by atoms with Crippen LogP contribution in [0.1, 0.15) is 19.4 Å². The number of guanidine groups is 1. The summed E-state index contributed by atoms with van der Waals surface area (Å²) in [5.41, 5.74) is 0.00254. The minimum Gasteiger partial charge on any atom is -0.433 e. The Labute approximate surface area is 173 Å². The fourth-order valence-corrected chi connectivity index (χ4v) is 2.31. The molecule has 1 aromatic rings. The van der Waals surface area contributed by atoms with Crippen molar-refractivity contribution in [2.45, 2.75) is 32.6 Å². The summed E-state index contributed by atoms with van der Waals surface area (Å²) in [6.45, 7) is 1.49. The number of halogens is 5. The Morgan fingerprint density at radius 3 is 2.44 bits per heavy atom. The van der Waals surface area contributed by atoms with Gasteiger partial charge in [-0.05, 0) is 26.0 Å². The standard InChI is InChI=1S/C15H21Cl2F2N3O2.HI/c1-15(2,23-4)8-22-14(20-3)21-7-9-5-10(16)6-11(17)12(9)24-13(18)19;/h5-6,13H,7-8H2,1-4H3,(H2,20,21,22);1H. The molecule has 0 saturated heterocycles. The van der Waals surface area contributed by atoms with E-state index in [0.717, 1.165) is 0 Å². The summed E-state index contributed by atoms with van der Waals surface area (Å²) in [4.78, 5) is 4.06. The van der Waals surface area contributed by atoms with E-state index in [0.29, 0.717) is 23.1 Å². The summed E-state index contributed by atoms with van der Waals surface area (Å²) < 4.78 is 34.9. The van der Waals surface area contributed by atoms with Crippen molar-refractivity contribution in [2.75, 3.05) is 20.7 Å². The second kappa shape index (κ2) is 11.2. The van der Waals surface area contributed by atoms with Crippen molar-refractivity contribution in [1.29, 1.82) is 0 Å². The van der Waals surface area contributed by atoms with E-state index in [2.05, 4.69) is 20.4 Å². The van der Waals surface area contributed by atoms with Gasteiger partial charge in [-0.25, -0.2) is 0 Å². The molecular formula is C15H22Cl2F2IN3O2. The SMILES string of the molecule is CN=C(NCc1cc(Cl)cc(Cl)c1OC(F)F)NCC(C)(C)OC.I. The minimum absolute atomic E-state index is 0. The largest absolute Gasteiger partial charge is 0.433 e. The van der Waals surface area contributed by atoms with Crippen LogP contribution in [0, 0.1) is 0 Å². The summed E-state index contributed by atoms with van der Waals surface area (Å²) in [5, 5.41) is 6.41. The van der Waals surface area contributed by atoms with E-state index >= 15 is 0 Å². The van der Waals surface area contributed by atoms with Crippen LogP contribution in [0.5, 0.6) is 5.75 Å². The van der Waals surface area contributed by atoms with Crippen molar-refractivity contribution in [1.82, 2.24) is 10.6 Å². The van der Waals surface area contributed by atoms with Crippen LogP contribution in [-0.4, -0.2) is 38.9 Å². The van der Waals surface area contributed by atoms with Gasteiger partial charge in [0.15, 0.2) is 5.96 Å². The number of aliphatic imine (C=N–C) groups is 1. The first-order valence-corrected chi connectivity index (χ1v) is 7.86. The van der Waals surface area contributed by atoms with Crippen LogP contribution in [-0.2, 0) is 11.3 Å². The Balaban J connectivity index is 0.00000576. The van der Waals surface area contributed by atoms with Crippen molar-refractivity contribution in [3.63, 3.8) is 0 Å². The van der Waals surface area contributed by atoms with Crippen molar-refractivity contribution in [2.24, 2.45) is 4.99 Å². The number of methoxy groups -OCH3 is 1. The third-order valence-corrected chi connectivity index (χ3v) is 3.70. The Morgan fingerprint density at radius 2 is 1.92 bits per heavy atom. The van der Waals surface area contributed by atoms with E-state index < -0.39 is 6.61 Å². The lowest BCUT2D eigenvalue weighted by atomic mass is 10.1. The number of hydrogen-bond acceptors (Lipinski definition) is 3. The smallest absolute Gasteiger partial charge is 0.387 e. The summed E-state index contributed by atoms with van der Waals surface area (Å²) >= 11 is 11.9. The molecule has 25 heavy (non-hydrogen) atoms. The van der Waals surface area contributed by atoms with Gasteiger partial charge in [0.1, 0.15) is 5.75 Å². The molecule has 0 saturated carbocycles. The highest BCUT2D eigenvalue weighted by Gasteiger charge is 2.18. The molecule has 0 aliphatic heterocycles. The maximum atomic E-state index is 12.6. The summed E-state index contributed by atoms with van der Waals surface area (Å²) in [5.74, 6) is 0.357. The molecule has 0 heterocycles. The molecular weight excluding hydrogens is 490 g/mol. The zero-order valence-electron chi connectivity index (χ0n) is 14.3. The normalized spacial score (nSPS) is 12.0. The van der Waals surface area contributed by atoms with E-state index in [1.807, 2.05) is 13.8 Å². The van der Waals surface area contributed by atoms with Crippen LogP contribution in [0.25, 0.3) is 0 Å². The first-order valence-electron chi connectivity index (χ1n) is 7.11. The van der Waals surface area contributed by atoms with Crippen LogP contribution in [0.3, 0.4) is 0 Å². The third kappa shape index (κ3) is 8.57. The van der Waals surface area contributed by atoms with Crippen molar-refractivity contribution >= 4 is 53.1 Å². The second-order valence-corrected chi connectivity index (χ2v) is 6.34. The van der Waals surface area contributed by atoms with Gasteiger partial charge < -0.3 is 20.1 Å². The fourth-order valence-electron chi connectivity index (χ4n) is 1.73. The van der Waals surface area contributed by atoms with Crippen LogP contribution in [0.4, 0.5) is 8.78 Å². The van der Waals surface area contributed by atoms with Gasteiger partial charge in [0.25, 0.3) is 0 Å². The fraction of sp³-hybridized carbons (Fsp3) is 0.533. The molecule has 0 unspecified atom stereocenters. The van der Waals surface area contributed by atoms with E-state index in [-0.39, 0.29) is 46.9 Å². The van der Waals surface area contributed by atoms with E-state index in [4.69, 9.17) is 27.9 Å². The topological polar surface area (TPSA) is 54.9 Å². The molecule has 0 aliphatic rings. The lowest BCUT2D eigenvalue weighted by molar-refractivity contribution is -0.0504. The molecule has 0 aliphatic carbocycles. The maximum Gasteiger partial charge on any atom is 0.387 e. The minimum atomic E-state index is -2.98. The molecule has 0 bridgehead atoms. The van der Waals surface area contributed by atoms with Gasteiger partial charge in [-0.3, -0.25) is 4.99 Å². The van der Waals surface area contributed by atoms with Crippen LogP contribution in [0.2, 0.25) is 10.0 Å². The van der Waals surface area contributed by atoms with Gasteiger partial charge in [0, 0.05) is 37.8 Å². The van der Waals surface area contributed by atoms with Gasteiger partial charge in [-0.1, -0.05) is 23.2 Å². The molecule has 0 fully saturated rings. The van der Waals surface area contributed by atoms with E-state index in [9.17, 15) is 8.78 Å². The van der Waals surface area contributed by atoms with Crippen molar-refractivity contribution in [3.8, 4) is 5.75 Å². The Bertz CT molecular complexity index is 590. The van der Waals surface area contributed by atoms with Crippen LogP contribution >= 0.6 is 47.2 Å². The Morgan fingerprint density at radius 1 is 1.28 bits per heavy atom. The first-order chi connectivity index (χ1) is 11.2. The molecule has 5 nitrogen and oxygen atoms in total. The van der Waals surface area contributed by atoms with Crippen LogP contribution < -0.4 is 15.4 Å². The average molecular weight is 512 g/mol. The van der Waals surface area contributed by atoms with Gasteiger partial charge in [0.05, 0.1) is 10.6 Å². The van der Waals surface area contributed by atoms with Gasteiger partial charge in [0.2, 0.25) is 0 Å². The Kier molecular flexibility index (Phi) is 10.9. The predicted octanol–water partition coefficient (Wildman–Crippen LogP) is 4.30. The number of nitrogens with one attached hydrogen (secondary N) is 2. The molecule has 0 amide bonds. The summed E-state index contributed by atoms with van der Waals surface area (Å²) in [6, 6.07) is 2.85. The second-order valence-electron chi connectivity index (χ2n) is 5.50. The number of alkyl halides is 2. The predicted molar refractivity (Wildman–Crippen MR) is 108 cm³/mol. The van der Waals surface area contributed by atoms with Crippen molar-refractivity contribution < 1.29 is 18.3 Å². The number of hydrogen-bond donors (Lipinski definition) is 2. The quantitative estimate of drug-likeness (QED) is 0.325. The molecule has 0 atom stereocenters. The monoisotopic (exact) mass is 511 g/mol. The van der Waals surface area contributed by atoms with Gasteiger partial charge in [-0.15, -0.1) is 24.0 Å². The number of nitrogens with zero attached hydrogens (tertiary/aromatic N) is 1. The van der Waals surface area contributed by atoms with Gasteiger partial charge in [-0.2, -0.15) is 8.78 Å². The molecule has 1 rings (SSSR count). The maximum absolute atomic E-state index is 12.6. The zero-order valence-corrected chi connectivity index (χ0v) is 18.2. The summed E-state index contributed by atoms with van der Waals surface area (Å²) in [7, 11) is 3.20. The lowest BCUT2D eigenvalue weighted by Gasteiger charge is -2.24. The highest BCUT2D eigenvalue weighted by atomic mass is 127. The van der Waals surface area contributed by atoms with Crippen molar-refractivity contribution in [3.05, 3.63) is 27.7 Å². The molecule has 10 heteroatoms. The number of ether oxygens (including phenoxy) is 2. The molecule has 0 radical (unpaired) electrons. The third-order valence-electron chi connectivity index (χ3n) is 3.20. The molecule has 0 aromatic heterocycles. The zero-order chi connectivity index (χ0) is 18.3. The number of rotatable bonds is 7. The average Bonchev–Trinajstić information content (AvgIpc) is 2.50. The van der Waals surface area contributed by atoms with Crippen LogP contribution in [0.15, 0.2) is 17.1 Å². The molecule has 144 valence electrons. The lowest BCUT2D eigenvalue weighted by Crippen LogP contribution is -2.45.